The highest BCUT2D eigenvalue weighted by Gasteiger charge is 2.11. The van der Waals surface area contributed by atoms with Crippen molar-refractivity contribution in [2.24, 2.45) is 0 Å². The van der Waals surface area contributed by atoms with Crippen molar-refractivity contribution >= 4 is 27.5 Å². The SMILES string of the molecule is Cc1cc(NC(=O)CC(C)c2ccccc2)ccc1Br. The molecule has 0 aliphatic carbocycles. The summed E-state index contributed by atoms with van der Waals surface area (Å²) in [5, 5.41) is 2.95. The van der Waals surface area contributed by atoms with Crippen molar-refractivity contribution in [1.29, 1.82) is 0 Å². The zero-order chi connectivity index (χ0) is 14.5. The van der Waals surface area contributed by atoms with Crippen LogP contribution in [0.1, 0.15) is 30.4 Å². The Balaban J connectivity index is 1.97. The third-order valence-electron chi connectivity index (χ3n) is 3.30. The molecule has 2 aromatic rings. The van der Waals surface area contributed by atoms with Gasteiger partial charge in [-0.05, 0) is 42.2 Å². The molecule has 0 spiro atoms. The Bertz CT molecular complexity index is 595. The van der Waals surface area contributed by atoms with E-state index in [9.17, 15) is 4.79 Å². The number of hydrogen-bond acceptors (Lipinski definition) is 1. The van der Waals surface area contributed by atoms with E-state index in [0.717, 1.165) is 15.7 Å². The molecule has 104 valence electrons. The lowest BCUT2D eigenvalue weighted by molar-refractivity contribution is -0.116. The van der Waals surface area contributed by atoms with E-state index in [1.54, 1.807) is 0 Å². The first-order valence-corrected chi connectivity index (χ1v) is 7.46. The predicted octanol–water partition coefficient (Wildman–Crippen LogP) is 4.89. The van der Waals surface area contributed by atoms with Gasteiger partial charge in [0.1, 0.15) is 0 Å². The highest BCUT2D eigenvalue weighted by Crippen LogP contribution is 2.22. The maximum Gasteiger partial charge on any atom is 0.224 e. The predicted molar refractivity (Wildman–Crippen MR) is 87.0 cm³/mol. The lowest BCUT2D eigenvalue weighted by atomic mass is 9.97. The Labute approximate surface area is 128 Å². The van der Waals surface area contributed by atoms with Crippen LogP contribution in [-0.4, -0.2) is 5.91 Å². The summed E-state index contributed by atoms with van der Waals surface area (Å²) in [6.07, 6.45) is 0.485. The first kappa shape index (κ1) is 14.8. The minimum Gasteiger partial charge on any atom is -0.326 e. The number of carbonyl (C=O) groups excluding carboxylic acids is 1. The molecule has 0 bridgehead atoms. The molecular formula is C17H18BrNO. The van der Waals surface area contributed by atoms with E-state index in [2.05, 4.69) is 40.3 Å². The van der Waals surface area contributed by atoms with Crippen LogP contribution >= 0.6 is 15.9 Å². The Morgan fingerprint density at radius 1 is 1.20 bits per heavy atom. The average molecular weight is 332 g/mol. The van der Waals surface area contributed by atoms with Gasteiger partial charge in [-0.25, -0.2) is 0 Å². The van der Waals surface area contributed by atoms with Crippen LogP contribution in [0.25, 0.3) is 0 Å². The largest absolute Gasteiger partial charge is 0.326 e. The van der Waals surface area contributed by atoms with Gasteiger partial charge in [0, 0.05) is 16.6 Å². The lowest BCUT2D eigenvalue weighted by Gasteiger charge is -2.12. The summed E-state index contributed by atoms with van der Waals surface area (Å²) in [4.78, 5) is 12.1. The molecule has 2 rings (SSSR count). The molecule has 0 aromatic heterocycles. The number of rotatable bonds is 4. The number of amides is 1. The number of hydrogen-bond donors (Lipinski definition) is 1. The van der Waals surface area contributed by atoms with Crippen molar-refractivity contribution in [2.45, 2.75) is 26.2 Å². The molecule has 0 saturated carbocycles. The number of halogens is 1. The molecule has 20 heavy (non-hydrogen) atoms. The van der Waals surface area contributed by atoms with Gasteiger partial charge in [-0.1, -0.05) is 53.2 Å². The number of carbonyl (C=O) groups is 1. The third kappa shape index (κ3) is 3.94. The van der Waals surface area contributed by atoms with Crippen molar-refractivity contribution in [3.8, 4) is 0 Å². The quantitative estimate of drug-likeness (QED) is 0.849. The third-order valence-corrected chi connectivity index (χ3v) is 4.19. The fourth-order valence-electron chi connectivity index (χ4n) is 2.11. The van der Waals surface area contributed by atoms with Gasteiger partial charge in [0.25, 0.3) is 0 Å². The normalized spacial score (nSPS) is 11.9. The van der Waals surface area contributed by atoms with Gasteiger partial charge in [0.05, 0.1) is 0 Å². The smallest absolute Gasteiger partial charge is 0.224 e. The highest BCUT2D eigenvalue weighted by atomic mass is 79.9. The zero-order valence-electron chi connectivity index (χ0n) is 11.7. The molecule has 0 aliphatic heterocycles. The van der Waals surface area contributed by atoms with E-state index in [4.69, 9.17) is 0 Å². The lowest BCUT2D eigenvalue weighted by Crippen LogP contribution is -2.14. The summed E-state index contributed by atoms with van der Waals surface area (Å²) in [6.45, 7) is 4.08. The molecule has 2 nitrogen and oxygen atoms in total. The fraction of sp³-hybridized carbons (Fsp3) is 0.235. The molecule has 1 amide bonds. The van der Waals surface area contributed by atoms with Crippen LogP contribution in [0.4, 0.5) is 5.69 Å². The second kappa shape index (κ2) is 6.71. The van der Waals surface area contributed by atoms with Crippen LogP contribution in [0.2, 0.25) is 0 Å². The van der Waals surface area contributed by atoms with Crippen LogP contribution in [0.3, 0.4) is 0 Å². The van der Waals surface area contributed by atoms with E-state index >= 15 is 0 Å². The van der Waals surface area contributed by atoms with Crippen LogP contribution in [0, 0.1) is 6.92 Å². The highest BCUT2D eigenvalue weighted by molar-refractivity contribution is 9.10. The summed E-state index contributed by atoms with van der Waals surface area (Å²) in [6, 6.07) is 15.9. The number of aryl methyl sites for hydroxylation is 1. The molecule has 1 N–H and O–H groups in total. The van der Waals surface area contributed by atoms with Gasteiger partial charge in [-0.3, -0.25) is 4.79 Å². The van der Waals surface area contributed by atoms with Crippen LogP contribution < -0.4 is 5.32 Å². The number of nitrogens with one attached hydrogen (secondary N) is 1. The molecule has 0 radical (unpaired) electrons. The summed E-state index contributed by atoms with van der Waals surface area (Å²) in [5.74, 6) is 0.260. The van der Waals surface area contributed by atoms with Crippen molar-refractivity contribution in [1.82, 2.24) is 0 Å². The zero-order valence-corrected chi connectivity index (χ0v) is 13.3. The van der Waals surface area contributed by atoms with Crippen LogP contribution in [0.5, 0.6) is 0 Å². The van der Waals surface area contributed by atoms with Crippen LogP contribution in [0.15, 0.2) is 53.0 Å². The maximum atomic E-state index is 12.1. The van der Waals surface area contributed by atoms with Crippen molar-refractivity contribution in [3.63, 3.8) is 0 Å². The molecule has 1 atom stereocenters. The van der Waals surface area contributed by atoms with Crippen molar-refractivity contribution in [2.75, 3.05) is 5.32 Å². The van der Waals surface area contributed by atoms with E-state index in [1.807, 2.05) is 43.3 Å². The van der Waals surface area contributed by atoms with Gasteiger partial charge >= 0.3 is 0 Å². The molecule has 2 aromatic carbocycles. The first-order valence-electron chi connectivity index (χ1n) is 6.67. The molecule has 0 fully saturated rings. The van der Waals surface area contributed by atoms with Crippen LogP contribution in [-0.2, 0) is 4.79 Å². The van der Waals surface area contributed by atoms with Gasteiger partial charge in [0.2, 0.25) is 5.91 Å². The molecular weight excluding hydrogens is 314 g/mol. The summed E-state index contributed by atoms with van der Waals surface area (Å²) >= 11 is 3.45. The Morgan fingerprint density at radius 3 is 2.55 bits per heavy atom. The summed E-state index contributed by atoms with van der Waals surface area (Å²) in [7, 11) is 0. The Kier molecular flexibility index (Phi) is 4.96. The summed E-state index contributed by atoms with van der Waals surface area (Å²) < 4.78 is 1.05. The van der Waals surface area contributed by atoms with E-state index in [0.29, 0.717) is 6.42 Å². The standard InChI is InChI=1S/C17H18BrNO/c1-12(14-6-4-3-5-7-14)11-17(20)19-15-8-9-16(18)13(2)10-15/h3-10,12H,11H2,1-2H3,(H,19,20). The monoisotopic (exact) mass is 331 g/mol. The Morgan fingerprint density at radius 2 is 1.90 bits per heavy atom. The first-order chi connectivity index (χ1) is 9.56. The molecule has 0 aliphatic rings. The van der Waals surface area contributed by atoms with E-state index < -0.39 is 0 Å². The molecule has 3 heteroatoms. The number of benzene rings is 2. The van der Waals surface area contributed by atoms with Crippen molar-refractivity contribution < 1.29 is 4.79 Å². The molecule has 1 unspecified atom stereocenters. The topological polar surface area (TPSA) is 29.1 Å². The molecule has 0 heterocycles. The van der Waals surface area contributed by atoms with E-state index in [1.165, 1.54) is 5.56 Å². The fourth-order valence-corrected chi connectivity index (χ4v) is 2.36. The van der Waals surface area contributed by atoms with Gasteiger partial charge < -0.3 is 5.32 Å². The Hall–Kier alpha value is -1.61. The second-order valence-electron chi connectivity index (χ2n) is 5.03. The van der Waals surface area contributed by atoms with Gasteiger partial charge in [-0.2, -0.15) is 0 Å². The average Bonchev–Trinajstić information content (AvgIpc) is 2.44. The minimum absolute atomic E-state index is 0.0445. The number of anilines is 1. The van der Waals surface area contributed by atoms with Gasteiger partial charge in [-0.15, -0.1) is 0 Å². The minimum atomic E-state index is 0.0445. The van der Waals surface area contributed by atoms with Crippen molar-refractivity contribution in [3.05, 3.63) is 64.1 Å². The maximum absolute atomic E-state index is 12.1. The van der Waals surface area contributed by atoms with Gasteiger partial charge in [0.15, 0.2) is 0 Å². The van der Waals surface area contributed by atoms with E-state index in [-0.39, 0.29) is 11.8 Å². The molecule has 0 saturated heterocycles. The second-order valence-corrected chi connectivity index (χ2v) is 5.88. The summed E-state index contributed by atoms with van der Waals surface area (Å²) in [5.41, 5.74) is 3.14.